The van der Waals surface area contributed by atoms with Crippen molar-refractivity contribution >= 4 is 15.9 Å². The van der Waals surface area contributed by atoms with E-state index in [-0.39, 0.29) is 10.8 Å². The molecule has 1 N–H and O–H groups in total. The number of carbonyl (C=O) groups is 1. The van der Waals surface area contributed by atoms with Crippen LogP contribution < -0.4 is 5.32 Å². The van der Waals surface area contributed by atoms with Crippen LogP contribution >= 0.6 is 0 Å². The molecule has 1 aromatic carbocycles. The van der Waals surface area contributed by atoms with Crippen molar-refractivity contribution in [3.8, 4) is 0 Å². The molecule has 1 amide bonds. The lowest BCUT2D eigenvalue weighted by Gasteiger charge is -2.34. The third-order valence-electron chi connectivity index (χ3n) is 5.03. The second-order valence-electron chi connectivity index (χ2n) is 7.70. The molecule has 2 atom stereocenters. The number of amides is 1. The van der Waals surface area contributed by atoms with E-state index in [1.165, 1.54) is 12.1 Å². The van der Waals surface area contributed by atoms with Crippen LogP contribution in [0.1, 0.15) is 37.0 Å². The third-order valence-corrected chi connectivity index (χ3v) is 6.87. The van der Waals surface area contributed by atoms with E-state index in [1.54, 1.807) is 29.0 Å². The number of aromatic nitrogens is 2. The molecule has 2 aromatic rings. The van der Waals surface area contributed by atoms with Crippen LogP contribution in [0.4, 0.5) is 0 Å². The fraction of sp³-hybridized carbons (Fsp3) is 0.500. The number of carbonyl (C=O) groups excluding carboxylic acids is 1. The van der Waals surface area contributed by atoms with Crippen molar-refractivity contribution in [2.75, 3.05) is 19.6 Å². The summed E-state index contributed by atoms with van der Waals surface area (Å²) >= 11 is 0. The summed E-state index contributed by atoms with van der Waals surface area (Å²) in [6.45, 7) is 6.58. The molecule has 152 valence electrons. The zero-order chi connectivity index (χ0) is 20.1. The number of aryl methyl sites for hydroxylation is 1. The Morgan fingerprint density at radius 3 is 2.46 bits per heavy atom. The highest BCUT2D eigenvalue weighted by Gasteiger charge is 2.31. The Morgan fingerprint density at radius 1 is 1.18 bits per heavy atom. The van der Waals surface area contributed by atoms with Crippen LogP contribution in [-0.4, -0.2) is 47.8 Å². The molecular formula is C20H28N4O3S. The molecule has 0 spiro atoms. The molecule has 0 unspecified atom stereocenters. The highest BCUT2D eigenvalue weighted by atomic mass is 32.2. The number of rotatable bonds is 7. The Morgan fingerprint density at radius 2 is 1.86 bits per heavy atom. The summed E-state index contributed by atoms with van der Waals surface area (Å²) in [5.41, 5.74) is 0.460. The number of sulfonamides is 1. The first-order chi connectivity index (χ1) is 13.4. The van der Waals surface area contributed by atoms with Crippen LogP contribution in [0.2, 0.25) is 0 Å². The maximum Gasteiger partial charge on any atom is 0.251 e. The zero-order valence-electron chi connectivity index (χ0n) is 16.4. The first kappa shape index (κ1) is 20.5. The first-order valence-corrected chi connectivity index (χ1v) is 11.1. The van der Waals surface area contributed by atoms with Crippen molar-refractivity contribution in [3.63, 3.8) is 0 Å². The SMILES string of the molecule is C[C@H]1C[C@H](C)CN(S(=O)(=O)c2ccc(C(=O)NCCCn3ccnc3)cc2)C1. The molecule has 3 rings (SSSR count). The average molecular weight is 405 g/mol. The minimum atomic E-state index is -3.52. The fourth-order valence-corrected chi connectivity index (χ4v) is 5.39. The summed E-state index contributed by atoms with van der Waals surface area (Å²) in [5, 5.41) is 2.86. The summed E-state index contributed by atoms with van der Waals surface area (Å²) in [6, 6.07) is 6.21. The summed E-state index contributed by atoms with van der Waals surface area (Å²) in [4.78, 5) is 16.5. The molecule has 2 heterocycles. The average Bonchev–Trinajstić information content (AvgIpc) is 3.18. The van der Waals surface area contributed by atoms with Crippen LogP contribution in [0.25, 0.3) is 0 Å². The highest BCUT2D eigenvalue weighted by Crippen LogP contribution is 2.26. The van der Waals surface area contributed by atoms with E-state index in [2.05, 4.69) is 24.1 Å². The summed E-state index contributed by atoms with van der Waals surface area (Å²) in [5.74, 6) is 0.506. The summed E-state index contributed by atoms with van der Waals surface area (Å²) in [6.07, 6.45) is 7.18. The summed E-state index contributed by atoms with van der Waals surface area (Å²) < 4.78 is 29.3. The predicted molar refractivity (Wildman–Crippen MR) is 107 cm³/mol. The van der Waals surface area contributed by atoms with Gasteiger partial charge in [0.25, 0.3) is 5.91 Å². The Labute approximate surface area is 166 Å². The van der Waals surface area contributed by atoms with Gasteiger partial charge in [0.15, 0.2) is 0 Å². The van der Waals surface area contributed by atoms with Gasteiger partial charge in [-0.15, -0.1) is 0 Å². The van der Waals surface area contributed by atoms with Gasteiger partial charge in [-0.3, -0.25) is 4.79 Å². The number of hydrogen-bond donors (Lipinski definition) is 1. The minimum Gasteiger partial charge on any atom is -0.352 e. The Kier molecular flexibility index (Phi) is 6.51. The van der Waals surface area contributed by atoms with Gasteiger partial charge < -0.3 is 9.88 Å². The zero-order valence-corrected chi connectivity index (χ0v) is 17.2. The first-order valence-electron chi connectivity index (χ1n) is 9.70. The van der Waals surface area contributed by atoms with Crippen molar-refractivity contribution in [1.82, 2.24) is 19.2 Å². The van der Waals surface area contributed by atoms with Gasteiger partial charge in [-0.05, 0) is 48.9 Å². The Bertz CT molecular complexity index is 869. The lowest BCUT2D eigenvalue weighted by atomic mass is 9.94. The summed E-state index contributed by atoms with van der Waals surface area (Å²) in [7, 11) is -3.52. The quantitative estimate of drug-likeness (QED) is 0.718. The van der Waals surface area contributed by atoms with Crippen LogP contribution in [0.3, 0.4) is 0 Å². The van der Waals surface area contributed by atoms with Gasteiger partial charge in [0.2, 0.25) is 10.0 Å². The highest BCUT2D eigenvalue weighted by molar-refractivity contribution is 7.89. The van der Waals surface area contributed by atoms with E-state index in [0.717, 1.165) is 19.4 Å². The van der Waals surface area contributed by atoms with Crippen LogP contribution in [0.5, 0.6) is 0 Å². The molecule has 0 bridgehead atoms. The van der Waals surface area contributed by atoms with Crippen LogP contribution in [-0.2, 0) is 16.6 Å². The normalized spacial score (nSPS) is 20.8. The van der Waals surface area contributed by atoms with Crippen LogP contribution in [0, 0.1) is 11.8 Å². The van der Waals surface area contributed by atoms with Gasteiger partial charge in [-0.25, -0.2) is 13.4 Å². The van der Waals surface area contributed by atoms with Crippen molar-refractivity contribution in [2.24, 2.45) is 11.8 Å². The second-order valence-corrected chi connectivity index (χ2v) is 9.64. The topological polar surface area (TPSA) is 84.3 Å². The van der Waals surface area contributed by atoms with Gasteiger partial charge in [0, 0.05) is 44.1 Å². The van der Waals surface area contributed by atoms with Crippen molar-refractivity contribution in [2.45, 2.75) is 38.1 Å². The molecule has 1 fully saturated rings. The van der Waals surface area contributed by atoms with Crippen molar-refractivity contribution in [3.05, 3.63) is 48.5 Å². The lowest BCUT2D eigenvalue weighted by molar-refractivity contribution is 0.0952. The van der Waals surface area contributed by atoms with Gasteiger partial charge in [0.05, 0.1) is 11.2 Å². The van der Waals surface area contributed by atoms with E-state index in [4.69, 9.17) is 0 Å². The Hall–Kier alpha value is -2.19. The fourth-order valence-electron chi connectivity index (χ4n) is 3.71. The molecule has 7 nitrogen and oxygen atoms in total. The van der Waals surface area contributed by atoms with Crippen molar-refractivity contribution in [1.29, 1.82) is 0 Å². The van der Waals surface area contributed by atoms with E-state index >= 15 is 0 Å². The molecule has 0 radical (unpaired) electrons. The smallest absolute Gasteiger partial charge is 0.251 e. The van der Waals surface area contributed by atoms with E-state index in [1.807, 2.05) is 10.8 Å². The maximum atomic E-state index is 12.9. The molecule has 1 aromatic heterocycles. The second kappa shape index (κ2) is 8.87. The molecule has 0 saturated carbocycles. The number of nitrogens with zero attached hydrogens (tertiary/aromatic N) is 3. The molecule has 1 saturated heterocycles. The molecule has 1 aliphatic rings. The number of nitrogens with one attached hydrogen (secondary N) is 1. The van der Waals surface area contributed by atoms with E-state index in [9.17, 15) is 13.2 Å². The minimum absolute atomic E-state index is 0.199. The van der Waals surface area contributed by atoms with Gasteiger partial charge in [0.1, 0.15) is 0 Å². The molecule has 1 aliphatic heterocycles. The van der Waals surface area contributed by atoms with E-state index < -0.39 is 10.0 Å². The number of piperidine rings is 1. The largest absolute Gasteiger partial charge is 0.352 e. The predicted octanol–water partition coefficient (Wildman–Crippen LogP) is 2.37. The monoisotopic (exact) mass is 404 g/mol. The molecule has 0 aliphatic carbocycles. The lowest BCUT2D eigenvalue weighted by Crippen LogP contribution is -2.42. The number of hydrogen-bond acceptors (Lipinski definition) is 4. The third kappa shape index (κ3) is 4.99. The molecule has 28 heavy (non-hydrogen) atoms. The van der Waals surface area contributed by atoms with Gasteiger partial charge in [-0.1, -0.05) is 13.8 Å². The van der Waals surface area contributed by atoms with Gasteiger partial charge >= 0.3 is 0 Å². The van der Waals surface area contributed by atoms with E-state index in [0.29, 0.717) is 37.0 Å². The van der Waals surface area contributed by atoms with Crippen molar-refractivity contribution < 1.29 is 13.2 Å². The standard InChI is InChI=1S/C20H28N4O3S/c1-16-12-17(2)14-24(13-16)28(26,27)19-6-4-18(5-7-19)20(25)22-8-3-10-23-11-9-21-15-23/h4-7,9,11,15-17H,3,8,10,12-14H2,1-2H3,(H,22,25)/t16-,17-/m0/s1. The number of benzene rings is 1. The maximum absolute atomic E-state index is 12.9. The Balaban J connectivity index is 1.56. The van der Waals surface area contributed by atoms with Crippen LogP contribution in [0.15, 0.2) is 47.9 Å². The molecule has 8 heteroatoms. The number of imidazole rings is 1. The van der Waals surface area contributed by atoms with Gasteiger partial charge in [-0.2, -0.15) is 4.31 Å². The molecular weight excluding hydrogens is 376 g/mol.